The van der Waals surface area contributed by atoms with Gasteiger partial charge in [0.05, 0.1) is 10.4 Å². The molecule has 0 bridgehead atoms. The van der Waals surface area contributed by atoms with Crippen molar-refractivity contribution in [2.24, 2.45) is 7.05 Å². The molecule has 2 aromatic carbocycles. The Hall–Kier alpha value is -3.15. The van der Waals surface area contributed by atoms with Gasteiger partial charge in [0.2, 0.25) is 0 Å². The van der Waals surface area contributed by atoms with E-state index in [4.69, 9.17) is 0 Å². The molecule has 1 N–H and O–H groups in total. The van der Waals surface area contributed by atoms with Crippen molar-refractivity contribution in [3.8, 4) is 0 Å². The molecule has 1 aromatic heterocycles. The number of nitrogens with one attached hydrogen (secondary N) is 1. The molecule has 0 aliphatic carbocycles. The highest BCUT2D eigenvalue weighted by Gasteiger charge is 2.24. The summed E-state index contributed by atoms with van der Waals surface area (Å²) in [7, 11) is 1.54. The van der Waals surface area contributed by atoms with E-state index in [9.17, 15) is 14.9 Å². The Bertz CT molecular complexity index is 975. The van der Waals surface area contributed by atoms with Crippen LogP contribution < -0.4 is 10.9 Å². The van der Waals surface area contributed by atoms with Gasteiger partial charge in [0, 0.05) is 19.0 Å². The van der Waals surface area contributed by atoms with Crippen LogP contribution in [0, 0.1) is 17.0 Å². The second-order valence-electron chi connectivity index (χ2n) is 5.70. The Kier molecular flexibility index (Phi) is 4.04. The van der Waals surface area contributed by atoms with Crippen LogP contribution in [-0.4, -0.2) is 9.49 Å². The molecule has 0 radical (unpaired) electrons. The van der Waals surface area contributed by atoms with E-state index in [1.54, 1.807) is 31.3 Å². The van der Waals surface area contributed by atoms with E-state index in [0.29, 0.717) is 17.4 Å². The summed E-state index contributed by atoms with van der Waals surface area (Å²) >= 11 is 0. The number of para-hydroxylation sites is 1. The van der Waals surface area contributed by atoms with Gasteiger partial charge in [-0.05, 0) is 18.6 Å². The van der Waals surface area contributed by atoms with Crippen LogP contribution in [0.3, 0.4) is 0 Å². The maximum atomic E-state index is 12.4. The van der Waals surface area contributed by atoms with E-state index in [2.05, 4.69) is 5.32 Å². The second kappa shape index (κ2) is 6.16. The topological polar surface area (TPSA) is 77.2 Å². The van der Waals surface area contributed by atoms with Crippen LogP contribution in [0.1, 0.15) is 11.1 Å². The molecule has 0 amide bonds. The highest BCUT2D eigenvalue weighted by atomic mass is 16.6. The number of benzene rings is 2. The number of hydrogen-bond donors (Lipinski definition) is 1. The average molecular weight is 323 g/mol. The highest BCUT2D eigenvalue weighted by molar-refractivity contribution is 5.96. The van der Waals surface area contributed by atoms with Gasteiger partial charge in [0.15, 0.2) is 0 Å². The molecule has 0 saturated heterocycles. The first-order chi connectivity index (χ1) is 11.5. The average Bonchev–Trinajstić information content (AvgIpc) is 2.58. The third kappa shape index (κ3) is 2.74. The Morgan fingerprint density at radius 3 is 2.46 bits per heavy atom. The van der Waals surface area contributed by atoms with E-state index >= 15 is 0 Å². The van der Waals surface area contributed by atoms with Crippen LogP contribution in [0.5, 0.6) is 0 Å². The molecule has 0 aliphatic rings. The predicted octanol–water partition coefficient (Wildman–Crippen LogP) is 3.37. The first-order valence-corrected chi connectivity index (χ1v) is 7.54. The van der Waals surface area contributed by atoms with Crippen LogP contribution in [0.15, 0.2) is 53.3 Å². The zero-order valence-corrected chi connectivity index (χ0v) is 13.4. The van der Waals surface area contributed by atoms with Crippen LogP contribution in [0.2, 0.25) is 0 Å². The van der Waals surface area contributed by atoms with Crippen LogP contribution in [0.4, 0.5) is 11.4 Å². The number of pyridine rings is 1. The summed E-state index contributed by atoms with van der Waals surface area (Å²) in [4.78, 5) is 23.2. The summed E-state index contributed by atoms with van der Waals surface area (Å²) in [5.41, 5.74) is 2.00. The van der Waals surface area contributed by atoms with Gasteiger partial charge in [-0.3, -0.25) is 14.9 Å². The largest absolute Gasteiger partial charge is 0.375 e. The molecule has 0 atom stereocenters. The Labute approximate surface area is 138 Å². The number of hydrogen-bond acceptors (Lipinski definition) is 4. The highest BCUT2D eigenvalue weighted by Crippen LogP contribution is 2.30. The molecular weight excluding hydrogens is 306 g/mol. The Morgan fingerprint density at radius 2 is 1.79 bits per heavy atom. The Balaban J connectivity index is 2.13. The number of rotatable bonds is 4. The van der Waals surface area contributed by atoms with Gasteiger partial charge in [-0.15, -0.1) is 0 Å². The fraction of sp³-hybridized carbons (Fsp3) is 0.167. The van der Waals surface area contributed by atoms with Gasteiger partial charge >= 0.3 is 11.2 Å². The number of aryl methyl sites for hydroxylation is 2. The molecule has 122 valence electrons. The van der Waals surface area contributed by atoms with Gasteiger partial charge in [-0.2, -0.15) is 0 Å². The third-order valence-electron chi connectivity index (χ3n) is 4.05. The van der Waals surface area contributed by atoms with Gasteiger partial charge in [0.25, 0.3) is 0 Å². The van der Waals surface area contributed by atoms with Crippen molar-refractivity contribution in [3.63, 3.8) is 0 Å². The number of nitrogens with zero attached hydrogens (tertiary/aromatic N) is 2. The van der Waals surface area contributed by atoms with E-state index in [1.165, 1.54) is 4.57 Å². The van der Waals surface area contributed by atoms with E-state index in [1.807, 2.05) is 31.2 Å². The second-order valence-corrected chi connectivity index (χ2v) is 5.70. The summed E-state index contributed by atoms with van der Waals surface area (Å²) in [6, 6.07) is 15.0. The molecule has 6 heteroatoms. The lowest BCUT2D eigenvalue weighted by Gasteiger charge is -2.13. The van der Waals surface area contributed by atoms with Crippen LogP contribution in [0.25, 0.3) is 10.9 Å². The minimum absolute atomic E-state index is 0.263. The zero-order valence-electron chi connectivity index (χ0n) is 13.4. The molecule has 6 nitrogen and oxygen atoms in total. The number of anilines is 1. The molecule has 3 aromatic rings. The van der Waals surface area contributed by atoms with Gasteiger partial charge < -0.3 is 9.88 Å². The third-order valence-corrected chi connectivity index (χ3v) is 4.05. The van der Waals surface area contributed by atoms with Crippen molar-refractivity contribution < 1.29 is 4.92 Å². The summed E-state index contributed by atoms with van der Waals surface area (Å²) in [5, 5.41) is 15.2. The maximum Gasteiger partial charge on any atom is 0.357 e. The molecule has 3 rings (SSSR count). The summed E-state index contributed by atoms with van der Waals surface area (Å²) in [5.74, 6) is 0. The fourth-order valence-electron chi connectivity index (χ4n) is 2.72. The normalized spacial score (nSPS) is 10.8. The predicted molar refractivity (Wildman–Crippen MR) is 94.3 cm³/mol. The summed E-state index contributed by atoms with van der Waals surface area (Å²) in [6.07, 6.45) is 0. The van der Waals surface area contributed by atoms with Gasteiger partial charge in [-0.25, -0.2) is 0 Å². The molecular formula is C18H17N3O3. The first kappa shape index (κ1) is 15.7. The first-order valence-electron chi connectivity index (χ1n) is 7.54. The van der Waals surface area contributed by atoms with E-state index in [0.717, 1.165) is 11.1 Å². The molecule has 24 heavy (non-hydrogen) atoms. The molecule has 0 aliphatic heterocycles. The smallest absolute Gasteiger partial charge is 0.357 e. The molecule has 0 spiro atoms. The van der Waals surface area contributed by atoms with E-state index < -0.39 is 16.2 Å². The van der Waals surface area contributed by atoms with Crippen molar-refractivity contribution in [2.45, 2.75) is 13.5 Å². The van der Waals surface area contributed by atoms with Crippen LogP contribution in [-0.2, 0) is 13.6 Å². The number of aromatic nitrogens is 1. The monoisotopic (exact) mass is 323 g/mol. The van der Waals surface area contributed by atoms with Crippen molar-refractivity contribution in [3.05, 3.63) is 80.1 Å². The Morgan fingerprint density at radius 1 is 1.12 bits per heavy atom. The van der Waals surface area contributed by atoms with Crippen molar-refractivity contribution >= 4 is 22.3 Å². The lowest BCUT2D eigenvalue weighted by molar-refractivity contribution is -0.385. The van der Waals surface area contributed by atoms with Crippen molar-refractivity contribution in [1.29, 1.82) is 0 Å². The number of fused-ring (bicyclic) bond motifs is 1. The fourth-order valence-corrected chi connectivity index (χ4v) is 2.72. The van der Waals surface area contributed by atoms with Crippen molar-refractivity contribution in [2.75, 3.05) is 5.32 Å². The molecule has 1 heterocycles. The minimum atomic E-state index is -0.620. The standard InChI is InChI=1S/C18H17N3O3/c1-12-7-9-13(10-8-12)11-19-16-14-5-3-4-6-15(14)20(2)18(22)17(16)21(23)24/h3-10,19H,11H2,1-2H3. The molecule has 0 fully saturated rings. The van der Waals surface area contributed by atoms with E-state index in [-0.39, 0.29) is 5.69 Å². The van der Waals surface area contributed by atoms with Gasteiger partial charge in [0.1, 0.15) is 5.69 Å². The molecule has 0 unspecified atom stereocenters. The minimum Gasteiger partial charge on any atom is -0.375 e. The van der Waals surface area contributed by atoms with Crippen molar-refractivity contribution in [1.82, 2.24) is 4.57 Å². The lowest BCUT2D eigenvalue weighted by Crippen LogP contribution is -2.22. The molecule has 0 saturated carbocycles. The SMILES string of the molecule is Cc1ccc(CNc2c([N+](=O)[O-])c(=O)n(C)c3ccccc23)cc1. The maximum absolute atomic E-state index is 12.4. The zero-order chi connectivity index (χ0) is 17.3. The summed E-state index contributed by atoms with van der Waals surface area (Å²) in [6.45, 7) is 2.40. The van der Waals surface area contributed by atoms with Crippen LogP contribution >= 0.6 is 0 Å². The van der Waals surface area contributed by atoms with Gasteiger partial charge in [-0.1, -0.05) is 48.0 Å². The number of nitro groups is 1. The lowest BCUT2D eigenvalue weighted by atomic mass is 10.1. The quantitative estimate of drug-likeness (QED) is 0.590. The summed E-state index contributed by atoms with van der Waals surface area (Å²) < 4.78 is 1.31.